The van der Waals surface area contributed by atoms with E-state index in [1.807, 2.05) is 30.3 Å². The summed E-state index contributed by atoms with van der Waals surface area (Å²) < 4.78 is 10.8. The van der Waals surface area contributed by atoms with Crippen molar-refractivity contribution >= 4 is 27.7 Å². The van der Waals surface area contributed by atoms with E-state index in [1.165, 1.54) is 43.9 Å². The van der Waals surface area contributed by atoms with E-state index in [1.54, 1.807) is 0 Å². The highest BCUT2D eigenvalue weighted by Crippen LogP contribution is 2.30. The van der Waals surface area contributed by atoms with Crippen molar-refractivity contribution in [2.75, 3.05) is 6.61 Å². The van der Waals surface area contributed by atoms with Crippen LogP contribution in [0.15, 0.2) is 54.6 Å². The van der Waals surface area contributed by atoms with E-state index in [-0.39, 0.29) is 0 Å². The van der Waals surface area contributed by atoms with Crippen molar-refractivity contribution in [1.82, 2.24) is 0 Å². The van der Waals surface area contributed by atoms with Gasteiger partial charge in [-0.15, -0.1) is 0 Å². The van der Waals surface area contributed by atoms with Crippen LogP contribution in [-0.4, -0.2) is 12.8 Å². The second-order valence-electron chi connectivity index (χ2n) is 7.35. The number of benzene rings is 3. The number of carbonyl (C=O) groups excluding carboxylic acids is 1. The molecule has 0 aliphatic rings. The topological polar surface area (TPSA) is 35.5 Å². The number of ether oxygens (including phenoxy) is 2. The first kappa shape index (κ1) is 20.2. The summed E-state index contributed by atoms with van der Waals surface area (Å²) in [5.74, 6) is 0.546. The number of unbranched alkanes of at least 4 members (excludes halogenated alkanes) is 7. The summed E-state index contributed by atoms with van der Waals surface area (Å²) in [6, 6.07) is 18.1. The van der Waals surface area contributed by atoms with Crippen molar-refractivity contribution in [3.63, 3.8) is 0 Å². The van der Waals surface area contributed by atoms with Gasteiger partial charge in [0.25, 0.3) is 0 Å². The zero-order valence-electron chi connectivity index (χ0n) is 16.8. The summed E-state index contributed by atoms with van der Waals surface area (Å²) in [6.45, 7) is 2.65. The van der Waals surface area contributed by atoms with Gasteiger partial charge in [-0.3, -0.25) is 0 Å². The van der Waals surface area contributed by atoms with E-state index in [0.717, 1.165) is 29.0 Å². The van der Waals surface area contributed by atoms with E-state index < -0.39 is 6.16 Å². The maximum Gasteiger partial charge on any atom is 0.513 e. The van der Waals surface area contributed by atoms with Gasteiger partial charge in [0.1, 0.15) is 5.75 Å². The molecule has 0 fully saturated rings. The van der Waals surface area contributed by atoms with E-state index >= 15 is 0 Å². The minimum absolute atomic E-state index is 0.418. The molecular weight excluding hydrogens is 348 g/mol. The molecule has 0 bridgehead atoms. The molecule has 0 spiro atoms. The Morgan fingerprint density at radius 1 is 0.750 bits per heavy atom. The Balaban J connectivity index is 1.48. The van der Waals surface area contributed by atoms with Gasteiger partial charge in [-0.05, 0) is 40.8 Å². The summed E-state index contributed by atoms with van der Waals surface area (Å²) >= 11 is 0. The number of fused-ring (bicyclic) bond motifs is 2. The van der Waals surface area contributed by atoms with Gasteiger partial charge in [0.2, 0.25) is 0 Å². The summed E-state index contributed by atoms with van der Waals surface area (Å²) in [6.07, 6.45) is 9.10. The fourth-order valence-electron chi connectivity index (χ4n) is 3.54. The SMILES string of the molecule is CCCCCCCCCCOC(=O)Oc1cccc2cc3ccccc3cc12. The molecule has 0 heterocycles. The number of carbonyl (C=O) groups is 1. The number of hydrogen-bond donors (Lipinski definition) is 0. The second kappa shape index (κ2) is 10.7. The van der Waals surface area contributed by atoms with Crippen molar-refractivity contribution in [3.05, 3.63) is 54.6 Å². The van der Waals surface area contributed by atoms with Crippen LogP contribution in [0.3, 0.4) is 0 Å². The van der Waals surface area contributed by atoms with Gasteiger partial charge in [0.05, 0.1) is 6.61 Å². The first-order chi connectivity index (χ1) is 13.8. The largest absolute Gasteiger partial charge is 0.513 e. The standard InChI is InChI=1S/C25H30O3/c1-2-3-4-5-6-7-8-11-17-27-25(26)28-24-16-12-15-22-18-20-13-9-10-14-21(20)19-23(22)24/h9-10,12-16,18-19H,2-8,11,17H2,1H3. The minimum Gasteiger partial charge on any atom is -0.434 e. The van der Waals surface area contributed by atoms with Gasteiger partial charge in [-0.1, -0.05) is 88.3 Å². The van der Waals surface area contributed by atoms with Crippen molar-refractivity contribution in [2.45, 2.75) is 58.3 Å². The zero-order valence-corrected chi connectivity index (χ0v) is 16.8. The van der Waals surface area contributed by atoms with Gasteiger partial charge < -0.3 is 9.47 Å². The van der Waals surface area contributed by atoms with Gasteiger partial charge in [0.15, 0.2) is 0 Å². The van der Waals surface area contributed by atoms with Crippen molar-refractivity contribution in [2.24, 2.45) is 0 Å². The minimum atomic E-state index is -0.622. The molecule has 0 amide bonds. The molecule has 3 heteroatoms. The molecule has 0 aliphatic heterocycles. The normalized spacial score (nSPS) is 11.0. The highest BCUT2D eigenvalue weighted by atomic mass is 16.7. The molecule has 0 saturated heterocycles. The summed E-state index contributed by atoms with van der Waals surface area (Å²) in [5.41, 5.74) is 0. The molecule has 28 heavy (non-hydrogen) atoms. The summed E-state index contributed by atoms with van der Waals surface area (Å²) in [4.78, 5) is 12.1. The molecule has 0 aromatic heterocycles. The van der Waals surface area contributed by atoms with Crippen molar-refractivity contribution < 1.29 is 14.3 Å². The molecule has 0 aliphatic carbocycles. The Hall–Kier alpha value is -2.55. The third-order valence-corrected chi connectivity index (χ3v) is 5.12. The van der Waals surface area contributed by atoms with Crippen LogP contribution in [0.4, 0.5) is 4.79 Å². The molecule has 0 radical (unpaired) electrons. The Bertz CT molecular complexity index is 901. The van der Waals surface area contributed by atoms with E-state index in [9.17, 15) is 4.79 Å². The van der Waals surface area contributed by atoms with Crippen LogP contribution in [-0.2, 0) is 4.74 Å². The fourth-order valence-corrected chi connectivity index (χ4v) is 3.54. The quantitative estimate of drug-likeness (QED) is 0.157. The first-order valence-electron chi connectivity index (χ1n) is 10.5. The molecule has 0 saturated carbocycles. The Morgan fingerprint density at radius 3 is 2.14 bits per heavy atom. The van der Waals surface area contributed by atoms with Gasteiger partial charge >= 0.3 is 6.16 Å². The van der Waals surface area contributed by atoms with Crippen molar-refractivity contribution in [3.8, 4) is 5.75 Å². The van der Waals surface area contributed by atoms with Crippen LogP contribution in [0.1, 0.15) is 58.3 Å². The van der Waals surface area contributed by atoms with Crippen molar-refractivity contribution in [1.29, 1.82) is 0 Å². The Kier molecular flexibility index (Phi) is 7.71. The maximum absolute atomic E-state index is 12.1. The molecule has 0 N–H and O–H groups in total. The third-order valence-electron chi connectivity index (χ3n) is 5.12. The van der Waals surface area contributed by atoms with Crippen LogP contribution < -0.4 is 4.74 Å². The Labute approximate surface area is 167 Å². The van der Waals surface area contributed by atoms with E-state index in [2.05, 4.69) is 31.2 Å². The second-order valence-corrected chi connectivity index (χ2v) is 7.35. The van der Waals surface area contributed by atoms with Gasteiger partial charge in [-0.2, -0.15) is 0 Å². The summed E-state index contributed by atoms with van der Waals surface area (Å²) in [5, 5.41) is 4.26. The first-order valence-corrected chi connectivity index (χ1v) is 10.5. The molecule has 3 aromatic carbocycles. The zero-order chi connectivity index (χ0) is 19.6. The van der Waals surface area contributed by atoms with Gasteiger partial charge in [0, 0.05) is 5.39 Å². The number of rotatable bonds is 10. The molecule has 0 unspecified atom stereocenters. The molecule has 148 valence electrons. The molecule has 3 nitrogen and oxygen atoms in total. The summed E-state index contributed by atoms with van der Waals surface area (Å²) in [7, 11) is 0. The predicted octanol–water partition coefficient (Wildman–Crippen LogP) is 7.65. The molecule has 0 atom stereocenters. The van der Waals surface area contributed by atoms with Crippen LogP contribution >= 0.6 is 0 Å². The monoisotopic (exact) mass is 378 g/mol. The highest BCUT2D eigenvalue weighted by molar-refractivity contribution is 6.01. The van der Waals surface area contributed by atoms with Crippen LogP contribution in [0.25, 0.3) is 21.5 Å². The van der Waals surface area contributed by atoms with Crippen LogP contribution in [0.5, 0.6) is 5.75 Å². The van der Waals surface area contributed by atoms with E-state index in [0.29, 0.717) is 12.4 Å². The maximum atomic E-state index is 12.1. The molecule has 3 aromatic rings. The lowest BCUT2D eigenvalue weighted by molar-refractivity contribution is 0.0978. The van der Waals surface area contributed by atoms with E-state index in [4.69, 9.17) is 9.47 Å². The highest BCUT2D eigenvalue weighted by Gasteiger charge is 2.10. The molecule has 3 rings (SSSR count). The lowest BCUT2D eigenvalue weighted by atomic mass is 10.0. The number of hydrogen-bond acceptors (Lipinski definition) is 3. The van der Waals surface area contributed by atoms with Gasteiger partial charge in [-0.25, -0.2) is 4.79 Å². The lowest BCUT2D eigenvalue weighted by Gasteiger charge is -2.09. The Morgan fingerprint density at radius 2 is 1.39 bits per heavy atom. The van der Waals surface area contributed by atoms with Crippen LogP contribution in [0.2, 0.25) is 0 Å². The van der Waals surface area contributed by atoms with Crippen LogP contribution in [0, 0.1) is 0 Å². The smallest absolute Gasteiger partial charge is 0.434 e. The third kappa shape index (κ3) is 5.72. The predicted molar refractivity (Wildman–Crippen MR) is 116 cm³/mol. The average molecular weight is 379 g/mol. The lowest BCUT2D eigenvalue weighted by Crippen LogP contribution is -2.11. The average Bonchev–Trinajstić information content (AvgIpc) is 2.71. The molecular formula is C25H30O3. The fraction of sp³-hybridized carbons (Fsp3) is 0.400.